The molecule has 0 radical (unpaired) electrons. The molecule has 5 aromatic rings. The molecule has 330 valence electrons. The van der Waals surface area contributed by atoms with Crippen LogP contribution in [0.25, 0.3) is 11.3 Å². The Morgan fingerprint density at radius 1 is 0.672 bits per heavy atom. The van der Waals surface area contributed by atoms with Crippen LogP contribution in [0, 0.1) is 11.8 Å². The van der Waals surface area contributed by atoms with E-state index in [4.69, 9.17) is 16.6 Å². The summed E-state index contributed by atoms with van der Waals surface area (Å²) in [5.41, 5.74) is -0.389. The maximum absolute atomic E-state index is 13.2. The van der Waals surface area contributed by atoms with Gasteiger partial charge in [0.1, 0.15) is 16.8 Å². The fourth-order valence-electron chi connectivity index (χ4n) is 8.03. The highest BCUT2D eigenvalue weighted by Crippen LogP contribution is 2.39. The fourth-order valence-corrected chi connectivity index (χ4v) is 10.2. The molecule has 2 atom stereocenters. The van der Waals surface area contributed by atoms with Crippen molar-refractivity contribution in [2.45, 2.75) is 75.3 Å². The second-order valence-corrected chi connectivity index (χ2v) is 20.2. The number of anilines is 2. The standard InChI is InChI=1S/C24H26N4O4S.C18H21ClN4O4S.4H2/c1-16-14-24(2,3)28(15-16)21-18(11-12-19(26-21)17-8-5-4-6-9-17)22(29)27-33(31,32)20-10-7-13-25-23(20)30;1-11-9-18(2,3)23(10-11)15-12(6-7-14(19)21-15)16(24)22-28(26,27)13-5-4-8-20-17(13)25;;;;/h4-13,16H,14-15H2,1-3H3,(H,25,30)(H,27,29);4-8,11H,9-10H2,1-3H3,(H,20,25)(H,22,24);4*1H/t16-;11-;;;;/m00..../s1. The van der Waals surface area contributed by atoms with Crippen molar-refractivity contribution in [3.05, 3.63) is 128 Å². The number of rotatable bonds is 9. The average molecular weight is 900 g/mol. The van der Waals surface area contributed by atoms with Gasteiger partial charge in [-0.15, -0.1) is 0 Å². The average Bonchev–Trinajstić information content (AvgIpc) is 3.64. The number of benzene rings is 1. The summed E-state index contributed by atoms with van der Waals surface area (Å²) in [5, 5.41) is 0.198. The molecule has 2 aliphatic rings. The number of amides is 2. The number of carbonyl (C=O) groups excluding carboxylic acids is 2. The highest BCUT2D eigenvalue weighted by Gasteiger charge is 2.41. The van der Waals surface area contributed by atoms with Gasteiger partial charge in [0.2, 0.25) is 0 Å². The number of nitrogens with zero attached hydrogens (tertiary/aromatic N) is 4. The molecule has 4 aromatic heterocycles. The number of carbonyl (C=O) groups is 2. The maximum Gasteiger partial charge on any atom is 0.269 e. The molecule has 2 aliphatic heterocycles. The van der Waals surface area contributed by atoms with Gasteiger partial charge in [0.05, 0.1) is 16.8 Å². The Hall–Kier alpha value is -5.85. The predicted octanol–water partition coefficient (Wildman–Crippen LogP) is 6.33. The molecule has 0 aliphatic carbocycles. The number of sulfonamides is 2. The van der Waals surface area contributed by atoms with E-state index in [1.54, 1.807) is 12.1 Å². The molecule has 7 rings (SSSR count). The summed E-state index contributed by atoms with van der Waals surface area (Å²) in [5.74, 6) is -0.228. The molecule has 2 saturated heterocycles. The lowest BCUT2D eigenvalue weighted by atomic mass is 9.97. The van der Waals surface area contributed by atoms with E-state index in [1.165, 1.54) is 36.7 Å². The van der Waals surface area contributed by atoms with Gasteiger partial charge < -0.3 is 19.8 Å². The SMILES string of the molecule is C[C@@H]1CN(c2nc(-c3ccccc3)ccc2C(=O)NS(=O)(=O)c2ccc[nH]c2=O)C(C)(C)C1.C[C@@H]1CN(c2nc(Cl)ccc2C(=O)NS(=O)(=O)c2ccc[nH]c2=O)C(C)(C)C1.[HH].[HH].[HH].[HH]. The zero-order valence-corrected chi connectivity index (χ0v) is 36.8. The summed E-state index contributed by atoms with van der Waals surface area (Å²) >= 11 is 6.05. The monoisotopic (exact) mass is 898 g/mol. The Morgan fingerprint density at radius 3 is 1.54 bits per heavy atom. The van der Waals surface area contributed by atoms with E-state index in [2.05, 4.69) is 47.5 Å². The first-order valence-electron chi connectivity index (χ1n) is 19.4. The molecule has 61 heavy (non-hydrogen) atoms. The van der Waals surface area contributed by atoms with Crippen molar-refractivity contribution >= 4 is 55.1 Å². The first-order chi connectivity index (χ1) is 28.6. The molecule has 0 bridgehead atoms. The van der Waals surface area contributed by atoms with E-state index in [0.29, 0.717) is 42.3 Å². The van der Waals surface area contributed by atoms with Gasteiger partial charge in [-0.2, -0.15) is 0 Å². The van der Waals surface area contributed by atoms with Crippen molar-refractivity contribution < 1.29 is 32.1 Å². The van der Waals surface area contributed by atoms with Crippen LogP contribution in [0.1, 0.15) is 80.8 Å². The molecular formula is C42H55ClN8O8S2. The lowest BCUT2D eigenvalue weighted by molar-refractivity contribution is 0.0972. The molecule has 0 unspecified atom stereocenters. The van der Waals surface area contributed by atoms with E-state index in [9.17, 15) is 36.0 Å². The molecule has 2 amide bonds. The second kappa shape index (κ2) is 17.3. The van der Waals surface area contributed by atoms with Crippen LogP contribution >= 0.6 is 11.6 Å². The maximum atomic E-state index is 13.2. The molecule has 4 N–H and O–H groups in total. The van der Waals surface area contributed by atoms with Crippen molar-refractivity contribution in [3.8, 4) is 11.3 Å². The molecule has 0 saturated carbocycles. The Morgan fingerprint density at radius 2 is 1.11 bits per heavy atom. The van der Waals surface area contributed by atoms with Crippen LogP contribution in [0.4, 0.5) is 11.6 Å². The van der Waals surface area contributed by atoms with Crippen LogP contribution in [0.15, 0.2) is 111 Å². The van der Waals surface area contributed by atoms with Crippen LogP contribution in [0.3, 0.4) is 0 Å². The zero-order chi connectivity index (χ0) is 44.5. The van der Waals surface area contributed by atoms with Crippen molar-refractivity contribution in [2.24, 2.45) is 11.8 Å². The third-order valence-corrected chi connectivity index (χ3v) is 13.4. The van der Waals surface area contributed by atoms with Crippen LogP contribution in [-0.2, 0) is 20.0 Å². The minimum atomic E-state index is -4.37. The van der Waals surface area contributed by atoms with E-state index >= 15 is 0 Å². The first-order valence-corrected chi connectivity index (χ1v) is 22.7. The van der Waals surface area contributed by atoms with Crippen molar-refractivity contribution in [1.29, 1.82) is 0 Å². The highest BCUT2D eigenvalue weighted by atomic mass is 35.5. The molecule has 1 aromatic carbocycles. The van der Waals surface area contributed by atoms with Gasteiger partial charge in [-0.05, 0) is 101 Å². The van der Waals surface area contributed by atoms with Crippen molar-refractivity contribution in [2.75, 3.05) is 22.9 Å². The van der Waals surface area contributed by atoms with Gasteiger partial charge in [-0.3, -0.25) is 19.2 Å². The summed E-state index contributed by atoms with van der Waals surface area (Å²) in [6, 6.07) is 20.7. The number of H-pyrrole nitrogens is 2. The summed E-state index contributed by atoms with van der Waals surface area (Å²) in [6.45, 7) is 13.8. The van der Waals surface area contributed by atoms with Crippen molar-refractivity contribution in [1.82, 2.24) is 29.4 Å². The normalized spacial score (nSPS) is 18.2. The largest absolute Gasteiger partial charge is 0.351 e. The highest BCUT2D eigenvalue weighted by molar-refractivity contribution is 7.90. The molecule has 6 heterocycles. The number of pyridine rings is 4. The molecular weight excluding hydrogens is 844 g/mol. The van der Waals surface area contributed by atoms with Gasteiger partial charge in [-0.1, -0.05) is 55.8 Å². The Kier molecular flexibility index (Phi) is 12.6. The minimum absolute atomic E-state index is 0. The number of hydrogen-bond acceptors (Lipinski definition) is 12. The quantitative estimate of drug-likeness (QED) is 0.119. The van der Waals surface area contributed by atoms with Gasteiger partial charge in [0.25, 0.3) is 43.0 Å². The number of hydrogen-bond donors (Lipinski definition) is 4. The Balaban J connectivity index is 0.000000426. The summed E-state index contributed by atoms with van der Waals surface area (Å²) in [7, 11) is -8.72. The minimum Gasteiger partial charge on any atom is -0.351 e. The van der Waals surface area contributed by atoms with Gasteiger partial charge in [-0.25, -0.2) is 36.2 Å². The Labute approximate surface area is 364 Å². The van der Waals surface area contributed by atoms with Crippen LogP contribution < -0.4 is 30.4 Å². The van der Waals surface area contributed by atoms with E-state index < -0.39 is 52.8 Å². The molecule has 16 nitrogen and oxygen atoms in total. The first kappa shape index (κ1) is 44.7. The number of nitrogens with one attached hydrogen (secondary N) is 4. The lowest BCUT2D eigenvalue weighted by Gasteiger charge is -2.34. The molecule has 19 heteroatoms. The number of halogens is 1. The van der Waals surface area contributed by atoms with E-state index in [1.807, 2.05) is 58.5 Å². The van der Waals surface area contributed by atoms with E-state index in [0.717, 1.165) is 30.5 Å². The Bertz CT molecular complexity index is 2830. The fraction of sp³-hybridized carbons (Fsp3) is 0.333. The molecule has 0 spiro atoms. The third kappa shape index (κ3) is 9.87. The van der Waals surface area contributed by atoms with Crippen LogP contribution in [0.5, 0.6) is 0 Å². The van der Waals surface area contributed by atoms with Crippen LogP contribution in [0.2, 0.25) is 5.15 Å². The lowest BCUT2D eigenvalue weighted by Crippen LogP contribution is -2.41. The van der Waals surface area contributed by atoms with Gasteiger partial charge in [0.15, 0.2) is 9.79 Å². The zero-order valence-electron chi connectivity index (χ0n) is 34.4. The van der Waals surface area contributed by atoms with Gasteiger partial charge in [0, 0.05) is 47.8 Å². The van der Waals surface area contributed by atoms with Crippen molar-refractivity contribution in [3.63, 3.8) is 0 Å². The third-order valence-electron chi connectivity index (χ3n) is 10.5. The summed E-state index contributed by atoms with van der Waals surface area (Å²) in [4.78, 5) is 66.4. The topological polar surface area (TPSA) is 224 Å². The predicted molar refractivity (Wildman–Crippen MR) is 241 cm³/mol. The summed E-state index contributed by atoms with van der Waals surface area (Å²) < 4.78 is 54.5. The smallest absolute Gasteiger partial charge is 0.269 e. The molecule has 2 fully saturated rings. The van der Waals surface area contributed by atoms with E-state index in [-0.39, 0.29) is 33.1 Å². The number of aromatic amines is 2. The summed E-state index contributed by atoms with van der Waals surface area (Å²) in [6.07, 6.45) is 4.42. The van der Waals surface area contributed by atoms with Crippen LogP contribution in [-0.4, -0.2) is 72.8 Å². The second-order valence-electron chi connectivity index (χ2n) is 16.5. The van der Waals surface area contributed by atoms with Gasteiger partial charge >= 0.3 is 0 Å². The number of aromatic nitrogens is 4.